The first-order valence-electron chi connectivity index (χ1n) is 17.0. The van der Waals surface area contributed by atoms with E-state index < -0.39 is 47.5 Å². The van der Waals surface area contributed by atoms with Crippen LogP contribution < -0.4 is 0 Å². The lowest BCUT2D eigenvalue weighted by atomic mass is 9.33. The lowest BCUT2D eigenvalue weighted by Gasteiger charge is -2.71. The smallest absolute Gasteiger partial charge is 0.310 e. The molecule has 5 fully saturated rings. The molecule has 0 aromatic carbocycles. The van der Waals surface area contributed by atoms with Gasteiger partial charge in [0.25, 0.3) is 0 Å². The summed E-state index contributed by atoms with van der Waals surface area (Å²) in [4.78, 5) is 13.0. The lowest BCUT2D eigenvalue weighted by molar-refractivity contribution is -0.291. The van der Waals surface area contributed by atoms with Crippen LogP contribution in [0.5, 0.6) is 0 Å². The lowest BCUT2D eigenvalue weighted by Crippen LogP contribution is -2.66. The van der Waals surface area contributed by atoms with Crippen LogP contribution in [0.1, 0.15) is 99.3 Å². The average molecular weight is 605 g/mol. The summed E-state index contributed by atoms with van der Waals surface area (Å²) in [5.74, 6) is 0.904. The first-order chi connectivity index (χ1) is 20.1. The normalized spacial score (nSPS) is 56.6. The molecule has 8 heteroatoms. The number of allylic oxidation sites excluding steroid dienone is 2. The maximum Gasteiger partial charge on any atom is 0.310 e. The Bertz CT molecular complexity index is 1140. The predicted octanol–water partition coefficient (Wildman–Crippen LogP) is 4.53. The van der Waals surface area contributed by atoms with Crippen LogP contribution in [0.2, 0.25) is 0 Å². The van der Waals surface area contributed by atoms with Crippen LogP contribution in [0, 0.1) is 56.7 Å². The SMILES string of the molecule is C[C@H]1[C@H](C)CC[C@]2(C(=O)O)CC[C@]3(C)C(=CC[C@@H]4[C@@]5(C)CCC(O)[C@](C)(CO[C@@H]6OC[C@@H](O)[C@H](O)[C@H]6O)[C@@H]5CC[C@]43C)[C@H]12. The molecule has 0 aromatic rings. The number of aliphatic carboxylic acids is 1. The fourth-order valence-corrected chi connectivity index (χ4v) is 12.1. The van der Waals surface area contributed by atoms with Crippen molar-refractivity contribution < 1.29 is 39.8 Å². The second-order valence-electron chi connectivity index (χ2n) is 16.7. The Morgan fingerprint density at radius 1 is 0.930 bits per heavy atom. The van der Waals surface area contributed by atoms with Gasteiger partial charge in [-0.05, 0) is 104 Å². The minimum absolute atomic E-state index is 0.0143. The van der Waals surface area contributed by atoms with Crippen LogP contribution in [0.25, 0.3) is 0 Å². The molecule has 1 aliphatic heterocycles. The zero-order valence-electron chi connectivity index (χ0n) is 27.1. The molecule has 1 unspecified atom stereocenters. The number of hydrogen-bond donors (Lipinski definition) is 5. The summed E-state index contributed by atoms with van der Waals surface area (Å²) in [7, 11) is 0. The molecule has 1 saturated heterocycles. The van der Waals surface area contributed by atoms with E-state index >= 15 is 0 Å². The number of aliphatic hydroxyl groups excluding tert-OH is 4. The maximum atomic E-state index is 13.0. The van der Waals surface area contributed by atoms with E-state index in [2.05, 4.69) is 47.6 Å². The van der Waals surface area contributed by atoms with Gasteiger partial charge >= 0.3 is 5.97 Å². The summed E-state index contributed by atoms with van der Waals surface area (Å²) in [5, 5.41) is 52.7. The molecule has 0 amide bonds. The summed E-state index contributed by atoms with van der Waals surface area (Å²) < 4.78 is 11.7. The topological polar surface area (TPSA) is 137 Å². The third-order valence-corrected chi connectivity index (χ3v) is 15.2. The molecule has 5 N–H and O–H groups in total. The Balaban J connectivity index is 1.32. The second-order valence-corrected chi connectivity index (χ2v) is 16.7. The van der Waals surface area contributed by atoms with Gasteiger partial charge in [-0.15, -0.1) is 0 Å². The van der Waals surface area contributed by atoms with Crippen molar-refractivity contribution >= 4 is 5.97 Å². The van der Waals surface area contributed by atoms with Crippen molar-refractivity contribution in [2.24, 2.45) is 56.7 Å². The first-order valence-corrected chi connectivity index (χ1v) is 17.0. The molecule has 5 aliphatic carbocycles. The highest BCUT2D eigenvalue weighted by atomic mass is 16.7. The van der Waals surface area contributed by atoms with E-state index in [1.807, 2.05) is 0 Å². The third-order valence-electron chi connectivity index (χ3n) is 15.2. The number of fused-ring (bicyclic) bond motifs is 7. The number of carboxylic acid groups (broad SMARTS) is 1. The largest absolute Gasteiger partial charge is 0.481 e. The molecule has 6 aliphatic rings. The molecule has 0 bridgehead atoms. The predicted molar refractivity (Wildman–Crippen MR) is 161 cm³/mol. The Labute approximate surface area is 257 Å². The van der Waals surface area contributed by atoms with Gasteiger partial charge in [-0.25, -0.2) is 0 Å². The zero-order valence-corrected chi connectivity index (χ0v) is 27.1. The van der Waals surface area contributed by atoms with E-state index in [1.54, 1.807) is 0 Å². The van der Waals surface area contributed by atoms with E-state index in [-0.39, 0.29) is 41.3 Å². The molecule has 6 rings (SSSR count). The van der Waals surface area contributed by atoms with Crippen molar-refractivity contribution in [3.05, 3.63) is 11.6 Å². The molecular formula is C35H56O8. The van der Waals surface area contributed by atoms with Crippen molar-refractivity contribution in [3.63, 3.8) is 0 Å². The number of rotatable bonds is 4. The van der Waals surface area contributed by atoms with Crippen molar-refractivity contribution in [3.8, 4) is 0 Å². The van der Waals surface area contributed by atoms with Gasteiger partial charge in [0, 0.05) is 5.41 Å². The van der Waals surface area contributed by atoms with E-state index in [1.165, 1.54) is 5.57 Å². The minimum atomic E-state index is -1.36. The van der Waals surface area contributed by atoms with Crippen LogP contribution in [0.4, 0.5) is 0 Å². The van der Waals surface area contributed by atoms with Crippen LogP contribution in [0.3, 0.4) is 0 Å². The number of carbonyl (C=O) groups is 1. The summed E-state index contributed by atoms with van der Waals surface area (Å²) in [6.07, 6.45) is 4.91. The fraction of sp³-hybridized carbons (Fsp3) is 0.914. The molecule has 0 radical (unpaired) electrons. The van der Waals surface area contributed by atoms with Crippen LogP contribution in [-0.2, 0) is 14.3 Å². The van der Waals surface area contributed by atoms with E-state index in [9.17, 15) is 30.3 Å². The van der Waals surface area contributed by atoms with Gasteiger partial charge in [0.15, 0.2) is 6.29 Å². The zero-order chi connectivity index (χ0) is 31.3. The summed E-state index contributed by atoms with van der Waals surface area (Å²) in [6.45, 7) is 14.2. The highest BCUT2D eigenvalue weighted by molar-refractivity contribution is 5.76. The average Bonchev–Trinajstić information content (AvgIpc) is 2.96. The van der Waals surface area contributed by atoms with Gasteiger partial charge in [0.2, 0.25) is 0 Å². The van der Waals surface area contributed by atoms with Gasteiger partial charge in [-0.2, -0.15) is 0 Å². The monoisotopic (exact) mass is 604 g/mol. The Morgan fingerprint density at radius 3 is 2.35 bits per heavy atom. The molecule has 1 heterocycles. The van der Waals surface area contributed by atoms with E-state index in [0.29, 0.717) is 24.2 Å². The van der Waals surface area contributed by atoms with Crippen molar-refractivity contribution in [1.29, 1.82) is 0 Å². The van der Waals surface area contributed by atoms with Crippen molar-refractivity contribution in [2.45, 2.75) is 130 Å². The number of ether oxygens (including phenoxy) is 2. The van der Waals surface area contributed by atoms with Crippen molar-refractivity contribution in [2.75, 3.05) is 13.2 Å². The van der Waals surface area contributed by atoms with Crippen molar-refractivity contribution in [1.82, 2.24) is 0 Å². The van der Waals surface area contributed by atoms with Gasteiger partial charge in [-0.1, -0.05) is 53.2 Å². The van der Waals surface area contributed by atoms with Crippen LogP contribution in [0.15, 0.2) is 11.6 Å². The standard InChI is InChI=1S/C35H56O8/c1-19-9-14-35(30(40)41)16-15-33(5)21(26(35)20(19)2)7-8-24-31(3)12-11-25(37)32(4,23(31)10-13-34(24,33)6)18-43-29-28(39)27(38)22(36)17-42-29/h7,19-20,22-29,36-39H,8-18H2,1-6H3,(H,40,41)/t19-,20+,22-,23-,24-,25?,26+,27+,28-,29+,31+,32-,33-,34-,35+/m1/s1. The number of carboxylic acids is 1. The highest BCUT2D eigenvalue weighted by Crippen LogP contribution is 2.75. The summed E-state index contributed by atoms with van der Waals surface area (Å²) in [5.41, 5.74) is 0.0965. The fourth-order valence-electron chi connectivity index (χ4n) is 12.1. The first kappa shape index (κ1) is 31.9. The van der Waals surface area contributed by atoms with E-state index in [0.717, 1.165) is 51.4 Å². The van der Waals surface area contributed by atoms with Gasteiger partial charge in [-0.3, -0.25) is 4.79 Å². The molecule has 0 spiro atoms. The maximum absolute atomic E-state index is 13.0. The third kappa shape index (κ3) is 4.25. The Kier molecular flexibility index (Phi) is 7.79. The number of aliphatic hydroxyl groups is 4. The molecule has 4 saturated carbocycles. The Hall–Kier alpha value is -1.03. The van der Waals surface area contributed by atoms with Crippen LogP contribution >= 0.6 is 0 Å². The summed E-state index contributed by atoms with van der Waals surface area (Å²) in [6, 6.07) is 0. The van der Waals surface area contributed by atoms with Gasteiger partial charge < -0.3 is 35.0 Å². The number of hydrogen-bond acceptors (Lipinski definition) is 7. The molecule has 8 nitrogen and oxygen atoms in total. The summed E-state index contributed by atoms with van der Waals surface area (Å²) >= 11 is 0. The highest BCUT2D eigenvalue weighted by Gasteiger charge is 2.70. The van der Waals surface area contributed by atoms with Crippen LogP contribution in [-0.4, -0.2) is 75.4 Å². The molecule has 15 atom stereocenters. The minimum Gasteiger partial charge on any atom is -0.481 e. The Morgan fingerprint density at radius 2 is 1.65 bits per heavy atom. The van der Waals surface area contributed by atoms with E-state index in [4.69, 9.17) is 9.47 Å². The van der Waals surface area contributed by atoms with Gasteiger partial charge in [0.05, 0.1) is 24.7 Å². The van der Waals surface area contributed by atoms with Gasteiger partial charge in [0.1, 0.15) is 18.3 Å². The molecule has 43 heavy (non-hydrogen) atoms. The molecule has 0 aromatic heterocycles. The second kappa shape index (κ2) is 10.5. The molecular weight excluding hydrogens is 548 g/mol. The quantitative estimate of drug-likeness (QED) is 0.296. The molecule has 244 valence electrons.